The lowest BCUT2D eigenvalue weighted by molar-refractivity contribution is 0.845. The van der Waals surface area contributed by atoms with E-state index in [0.717, 1.165) is 5.56 Å². The van der Waals surface area contributed by atoms with Gasteiger partial charge in [-0.15, -0.1) is 0 Å². The Hall–Kier alpha value is -2.00. The maximum atomic E-state index is 3.16. The van der Waals surface area contributed by atoms with Gasteiger partial charge in [0.15, 0.2) is 0 Å². The maximum Gasteiger partial charge on any atom is 0.0245 e. The first-order valence-electron chi connectivity index (χ1n) is 9.92. The van der Waals surface area contributed by atoms with Crippen LogP contribution in [0.2, 0.25) is 0 Å². The highest BCUT2D eigenvalue weighted by Crippen LogP contribution is 2.19. The summed E-state index contributed by atoms with van der Waals surface area (Å²) >= 11 is 0. The van der Waals surface area contributed by atoms with Crippen LogP contribution in [0, 0.1) is 17.8 Å². The molecule has 0 aliphatic rings. The molecular weight excluding hydrogens is 312 g/mol. The molecule has 0 saturated heterocycles. The van der Waals surface area contributed by atoms with Crippen LogP contribution in [0.15, 0.2) is 48.5 Å². The number of hydrogen-bond donors (Lipinski definition) is 0. The Kier molecular flexibility index (Phi) is 9.22. The summed E-state index contributed by atoms with van der Waals surface area (Å²) in [5.41, 5.74) is 5.35. The predicted molar refractivity (Wildman–Crippen MR) is 117 cm³/mol. The molecule has 0 aliphatic carbocycles. The Morgan fingerprint density at radius 1 is 0.500 bits per heavy atom. The smallest absolute Gasteiger partial charge is 0.0245 e. The van der Waals surface area contributed by atoms with Gasteiger partial charge < -0.3 is 0 Å². The van der Waals surface area contributed by atoms with Gasteiger partial charge in [0.1, 0.15) is 0 Å². The van der Waals surface area contributed by atoms with Crippen molar-refractivity contribution in [3.63, 3.8) is 0 Å². The third kappa shape index (κ3) is 7.92. The second-order valence-corrected chi connectivity index (χ2v) is 8.18. The summed E-state index contributed by atoms with van der Waals surface area (Å²) in [6.45, 7) is 17.5. The highest BCUT2D eigenvalue weighted by Gasteiger charge is 2.00. The van der Waals surface area contributed by atoms with Crippen LogP contribution in [0.25, 0.3) is 0 Å². The quantitative estimate of drug-likeness (QED) is 0.497. The Morgan fingerprint density at radius 2 is 0.808 bits per heavy atom. The molecule has 0 aliphatic heterocycles. The standard InChI is InChI=1S/C14H18.C12H18/c1-11(2)5-6-13-7-9-14(10-8-13)12(3)4;1-9(2)11-5-7-12(8-6-11)10(3)4/h7-12H,1-4H3;5-10H,1-4H3. The molecule has 0 nitrogen and oxygen atoms in total. The Morgan fingerprint density at radius 3 is 1.08 bits per heavy atom. The van der Waals surface area contributed by atoms with Crippen LogP contribution < -0.4 is 0 Å². The van der Waals surface area contributed by atoms with Crippen LogP contribution in [0.4, 0.5) is 0 Å². The van der Waals surface area contributed by atoms with Crippen molar-refractivity contribution in [2.45, 2.75) is 73.1 Å². The van der Waals surface area contributed by atoms with Gasteiger partial charge >= 0.3 is 0 Å². The number of hydrogen-bond acceptors (Lipinski definition) is 0. The van der Waals surface area contributed by atoms with E-state index < -0.39 is 0 Å². The lowest BCUT2D eigenvalue weighted by atomic mass is 9.97. The van der Waals surface area contributed by atoms with E-state index in [4.69, 9.17) is 0 Å². The van der Waals surface area contributed by atoms with Crippen LogP contribution in [-0.2, 0) is 0 Å². The molecule has 0 atom stereocenters. The summed E-state index contributed by atoms with van der Waals surface area (Å²) in [7, 11) is 0. The van der Waals surface area contributed by atoms with Crippen molar-refractivity contribution < 1.29 is 0 Å². The van der Waals surface area contributed by atoms with E-state index in [1.807, 2.05) is 0 Å². The second-order valence-electron chi connectivity index (χ2n) is 8.18. The van der Waals surface area contributed by atoms with E-state index in [2.05, 4.69) is 116 Å². The van der Waals surface area contributed by atoms with E-state index in [0.29, 0.717) is 23.7 Å². The van der Waals surface area contributed by atoms with Crippen LogP contribution in [0.1, 0.15) is 95.4 Å². The highest BCUT2D eigenvalue weighted by atomic mass is 14.1. The second kappa shape index (κ2) is 10.9. The zero-order valence-electron chi connectivity index (χ0n) is 17.9. The molecule has 0 bridgehead atoms. The van der Waals surface area contributed by atoms with Crippen molar-refractivity contribution >= 4 is 0 Å². The summed E-state index contributed by atoms with van der Waals surface area (Å²) in [4.78, 5) is 0. The Bertz CT molecular complexity index is 659. The first kappa shape index (κ1) is 22.0. The molecule has 0 heterocycles. The minimum Gasteiger partial charge on any atom is -0.0951 e. The fraction of sp³-hybridized carbons (Fsp3) is 0.462. The van der Waals surface area contributed by atoms with Gasteiger partial charge in [-0.1, -0.05) is 104 Å². The van der Waals surface area contributed by atoms with Crippen LogP contribution in [-0.4, -0.2) is 0 Å². The van der Waals surface area contributed by atoms with E-state index >= 15 is 0 Å². The van der Waals surface area contributed by atoms with Crippen molar-refractivity contribution in [2.75, 3.05) is 0 Å². The first-order valence-corrected chi connectivity index (χ1v) is 9.92. The van der Waals surface area contributed by atoms with Gasteiger partial charge in [-0.05, 0) is 46.6 Å². The minimum absolute atomic E-state index is 0.444. The fourth-order valence-electron chi connectivity index (χ4n) is 2.44. The van der Waals surface area contributed by atoms with E-state index in [1.165, 1.54) is 16.7 Å². The molecule has 2 aromatic carbocycles. The van der Waals surface area contributed by atoms with Gasteiger partial charge in [-0.2, -0.15) is 0 Å². The summed E-state index contributed by atoms with van der Waals surface area (Å²) in [5.74, 6) is 8.65. The van der Waals surface area contributed by atoms with Crippen molar-refractivity contribution in [2.24, 2.45) is 5.92 Å². The van der Waals surface area contributed by atoms with Crippen molar-refractivity contribution in [1.29, 1.82) is 0 Å². The third-order valence-corrected chi connectivity index (χ3v) is 4.35. The average Bonchev–Trinajstić information content (AvgIpc) is 2.60. The molecular formula is C26H36. The number of benzene rings is 2. The molecule has 0 radical (unpaired) electrons. The Balaban J connectivity index is 0.000000263. The van der Waals surface area contributed by atoms with Crippen molar-refractivity contribution in [3.8, 4) is 11.8 Å². The molecule has 26 heavy (non-hydrogen) atoms. The maximum absolute atomic E-state index is 3.16. The summed E-state index contributed by atoms with van der Waals surface area (Å²) in [6, 6.07) is 17.5. The minimum atomic E-state index is 0.444. The van der Waals surface area contributed by atoms with E-state index in [1.54, 1.807) is 0 Å². The number of rotatable bonds is 3. The van der Waals surface area contributed by atoms with Crippen LogP contribution in [0.5, 0.6) is 0 Å². The molecule has 0 heteroatoms. The molecule has 0 unspecified atom stereocenters. The third-order valence-electron chi connectivity index (χ3n) is 4.35. The molecule has 0 aromatic heterocycles. The van der Waals surface area contributed by atoms with Crippen LogP contribution >= 0.6 is 0 Å². The summed E-state index contributed by atoms with van der Waals surface area (Å²) < 4.78 is 0. The van der Waals surface area contributed by atoms with Gasteiger partial charge in [0.05, 0.1) is 0 Å². The average molecular weight is 349 g/mol. The zero-order chi connectivity index (χ0) is 19.7. The SMILES string of the molecule is CC(C)C#Cc1ccc(C(C)C)cc1.CC(C)c1ccc(C(C)C)cc1. The molecule has 0 spiro atoms. The molecule has 2 aromatic rings. The van der Waals surface area contributed by atoms with E-state index in [-0.39, 0.29) is 0 Å². The normalized spacial score (nSPS) is 10.6. The first-order chi connectivity index (χ1) is 12.2. The molecule has 2 rings (SSSR count). The topological polar surface area (TPSA) is 0 Å². The lowest BCUT2D eigenvalue weighted by Gasteiger charge is -2.08. The van der Waals surface area contributed by atoms with Gasteiger partial charge in [0.2, 0.25) is 0 Å². The summed E-state index contributed by atoms with van der Waals surface area (Å²) in [6.07, 6.45) is 0. The molecule has 0 fully saturated rings. The Labute approximate surface area is 162 Å². The molecule has 0 N–H and O–H groups in total. The van der Waals surface area contributed by atoms with Gasteiger partial charge in [-0.3, -0.25) is 0 Å². The monoisotopic (exact) mass is 348 g/mol. The molecule has 0 amide bonds. The van der Waals surface area contributed by atoms with Gasteiger partial charge in [0.25, 0.3) is 0 Å². The van der Waals surface area contributed by atoms with Gasteiger partial charge in [0, 0.05) is 11.5 Å². The fourth-order valence-corrected chi connectivity index (χ4v) is 2.44. The molecule has 0 saturated carbocycles. The largest absolute Gasteiger partial charge is 0.0951 e. The summed E-state index contributed by atoms with van der Waals surface area (Å²) in [5, 5.41) is 0. The predicted octanol–water partition coefficient (Wildman–Crippen LogP) is 7.75. The van der Waals surface area contributed by atoms with Gasteiger partial charge in [-0.25, -0.2) is 0 Å². The van der Waals surface area contributed by atoms with Crippen LogP contribution in [0.3, 0.4) is 0 Å². The highest BCUT2D eigenvalue weighted by molar-refractivity contribution is 5.37. The van der Waals surface area contributed by atoms with Crippen molar-refractivity contribution in [3.05, 3.63) is 70.8 Å². The molecule has 140 valence electrons. The van der Waals surface area contributed by atoms with Crippen molar-refractivity contribution in [1.82, 2.24) is 0 Å². The lowest BCUT2D eigenvalue weighted by Crippen LogP contribution is -1.90. The van der Waals surface area contributed by atoms with E-state index in [9.17, 15) is 0 Å². The zero-order valence-corrected chi connectivity index (χ0v) is 17.9.